The minimum atomic E-state index is 0.782. The van der Waals surface area contributed by atoms with Gasteiger partial charge in [-0.2, -0.15) is 0 Å². The molecule has 2 heteroatoms. The quantitative estimate of drug-likeness (QED) is 0.748. The summed E-state index contributed by atoms with van der Waals surface area (Å²) in [4.78, 5) is 0. The molecule has 0 saturated heterocycles. The van der Waals surface area contributed by atoms with Crippen molar-refractivity contribution in [1.82, 2.24) is 0 Å². The fourth-order valence-electron chi connectivity index (χ4n) is 0.809. The summed E-state index contributed by atoms with van der Waals surface area (Å²) in [6, 6.07) is 8.01. The van der Waals surface area contributed by atoms with Crippen molar-refractivity contribution in [2.45, 2.75) is 6.42 Å². The molecule has 0 saturated carbocycles. The fraction of sp³-hybridized carbons (Fsp3) is 0.111. The van der Waals surface area contributed by atoms with Crippen molar-refractivity contribution >= 4 is 15.9 Å². The second-order valence-corrected chi connectivity index (χ2v) is 3.13. The predicted octanol–water partition coefficient (Wildman–Crippen LogP) is 3.06. The standard InChI is InChI=1S/C9H9BrO/c10-9-5-3-8(4-6-9)2-1-7-11/h1,3-7,11H,2H2. The molecule has 0 radical (unpaired) electrons. The van der Waals surface area contributed by atoms with Gasteiger partial charge in [-0.1, -0.05) is 28.1 Å². The molecule has 1 aromatic carbocycles. The molecule has 0 bridgehead atoms. The van der Waals surface area contributed by atoms with E-state index < -0.39 is 0 Å². The highest BCUT2D eigenvalue weighted by molar-refractivity contribution is 9.10. The molecular weight excluding hydrogens is 204 g/mol. The van der Waals surface area contributed by atoms with Crippen LogP contribution in [0.25, 0.3) is 0 Å². The molecule has 0 spiro atoms. The summed E-state index contributed by atoms with van der Waals surface area (Å²) in [6.45, 7) is 0. The summed E-state index contributed by atoms with van der Waals surface area (Å²) >= 11 is 3.35. The van der Waals surface area contributed by atoms with E-state index in [0.29, 0.717) is 0 Å². The van der Waals surface area contributed by atoms with Gasteiger partial charge < -0.3 is 5.11 Å². The number of allylic oxidation sites excluding steroid dienone is 1. The molecule has 1 rings (SSSR count). The number of aliphatic hydroxyl groups excluding tert-OH is 1. The van der Waals surface area contributed by atoms with Crippen LogP contribution >= 0.6 is 15.9 Å². The van der Waals surface area contributed by atoms with Gasteiger partial charge >= 0.3 is 0 Å². The van der Waals surface area contributed by atoms with E-state index in [1.807, 2.05) is 24.3 Å². The first-order valence-electron chi connectivity index (χ1n) is 3.36. The van der Waals surface area contributed by atoms with Crippen LogP contribution in [0.3, 0.4) is 0 Å². The summed E-state index contributed by atoms with van der Waals surface area (Å²) in [5.74, 6) is 0. The third-order valence-electron chi connectivity index (χ3n) is 1.37. The van der Waals surface area contributed by atoms with Crippen LogP contribution in [0.2, 0.25) is 0 Å². The maximum Gasteiger partial charge on any atom is 0.0755 e. The highest BCUT2D eigenvalue weighted by atomic mass is 79.9. The van der Waals surface area contributed by atoms with Crippen LogP contribution in [0.15, 0.2) is 41.1 Å². The summed E-state index contributed by atoms with van der Waals surface area (Å²) in [5.41, 5.74) is 1.19. The van der Waals surface area contributed by atoms with Gasteiger partial charge in [0, 0.05) is 4.47 Å². The summed E-state index contributed by atoms with van der Waals surface area (Å²) in [6.07, 6.45) is 3.56. The van der Waals surface area contributed by atoms with E-state index in [2.05, 4.69) is 15.9 Å². The van der Waals surface area contributed by atoms with E-state index in [1.54, 1.807) is 6.08 Å². The van der Waals surface area contributed by atoms with Crippen molar-refractivity contribution in [2.75, 3.05) is 0 Å². The molecule has 1 N–H and O–H groups in total. The lowest BCUT2D eigenvalue weighted by Gasteiger charge is -1.94. The topological polar surface area (TPSA) is 20.2 Å². The van der Waals surface area contributed by atoms with E-state index in [1.165, 1.54) is 5.56 Å². The van der Waals surface area contributed by atoms with Gasteiger partial charge in [0.15, 0.2) is 0 Å². The zero-order valence-electron chi connectivity index (χ0n) is 6.00. The minimum absolute atomic E-state index is 0.782. The van der Waals surface area contributed by atoms with E-state index in [-0.39, 0.29) is 0 Å². The Morgan fingerprint density at radius 1 is 1.27 bits per heavy atom. The number of hydrogen-bond donors (Lipinski definition) is 1. The summed E-state index contributed by atoms with van der Waals surface area (Å²) in [7, 11) is 0. The Morgan fingerprint density at radius 2 is 1.91 bits per heavy atom. The molecule has 0 aliphatic rings. The lowest BCUT2D eigenvalue weighted by atomic mass is 10.2. The molecule has 58 valence electrons. The predicted molar refractivity (Wildman–Crippen MR) is 49.6 cm³/mol. The highest BCUT2D eigenvalue weighted by Gasteiger charge is 1.88. The Kier molecular flexibility index (Phi) is 3.17. The van der Waals surface area contributed by atoms with Gasteiger partial charge in [-0.15, -0.1) is 0 Å². The highest BCUT2D eigenvalue weighted by Crippen LogP contribution is 2.10. The zero-order valence-corrected chi connectivity index (χ0v) is 7.58. The Hall–Kier alpha value is -0.760. The van der Waals surface area contributed by atoms with Crippen molar-refractivity contribution in [3.8, 4) is 0 Å². The molecule has 0 aliphatic heterocycles. The van der Waals surface area contributed by atoms with Gasteiger partial charge in [-0.3, -0.25) is 0 Å². The van der Waals surface area contributed by atoms with E-state index in [4.69, 9.17) is 5.11 Å². The van der Waals surface area contributed by atoms with Gasteiger partial charge in [0.2, 0.25) is 0 Å². The molecule has 0 atom stereocenters. The van der Waals surface area contributed by atoms with Crippen LogP contribution in [0.1, 0.15) is 5.56 Å². The first-order valence-corrected chi connectivity index (χ1v) is 4.16. The average Bonchev–Trinajstić information content (AvgIpc) is 2.04. The van der Waals surface area contributed by atoms with Crippen LogP contribution in [-0.4, -0.2) is 5.11 Å². The van der Waals surface area contributed by atoms with Crippen LogP contribution in [0.5, 0.6) is 0 Å². The van der Waals surface area contributed by atoms with Crippen molar-refractivity contribution < 1.29 is 5.11 Å². The first kappa shape index (κ1) is 8.34. The van der Waals surface area contributed by atoms with E-state index in [0.717, 1.165) is 17.2 Å². The van der Waals surface area contributed by atoms with Crippen LogP contribution in [0, 0.1) is 0 Å². The SMILES string of the molecule is OC=CCc1ccc(Br)cc1. The number of rotatable bonds is 2. The zero-order chi connectivity index (χ0) is 8.10. The van der Waals surface area contributed by atoms with Gasteiger partial charge in [0.1, 0.15) is 0 Å². The van der Waals surface area contributed by atoms with Gasteiger partial charge in [0.05, 0.1) is 6.26 Å². The van der Waals surface area contributed by atoms with Crippen molar-refractivity contribution in [3.63, 3.8) is 0 Å². The second-order valence-electron chi connectivity index (χ2n) is 2.22. The lowest BCUT2D eigenvalue weighted by Crippen LogP contribution is -1.78. The van der Waals surface area contributed by atoms with Crippen molar-refractivity contribution in [3.05, 3.63) is 46.6 Å². The summed E-state index contributed by atoms with van der Waals surface area (Å²) < 4.78 is 1.08. The van der Waals surface area contributed by atoms with Crippen LogP contribution in [0.4, 0.5) is 0 Å². The molecule has 1 nitrogen and oxygen atoms in total. The van der Waals surface area contributed by atoms with E-state index >= 15 is 0 Å². The van der Waals surface area contributed by atoms with Gasteiger partial charge in [0.25, 0.3) is 0 Å². The molecule has 0 fully saturated rings. The van der Waals surface area contributed by atoms with Crippen molar-refractivity contribution in [1.29, 1.82) is 0 Å². The largest absolute Gasteiger partial charge is 0.516 e. The minimum Gasteiger partial charge on any atom is -0.516 e. The number of hydrogen-bond acceptors (Lipinski definition) is 1. The second kappa shape index (κ2) is 4.19. The molecule has 0 heterocycles. The van der Waals surface area contributed by atoms with Gasteiger partial charge in [-0.25, -0.2) is 0 Å². The Labute approximate surface area is 74.5 Å². The maximum atomic E-state index is 8.39. The Balaban J connectivity index is 2.66. The third-order valence-corrected chi connectivity index (χ3v) is 1.90. The molecule has 1 aromatic rings. The molecule has 11 heavy (non-hydrogen) atoms. The monoisotopic (exact) mass is 212 g/mol. The molecule has 0 unspecified atom stereocenters. The third kappa shape index (κ3) is 2.76. The Morgan fingerprint density at radius 3 is 2.45 bits per heavy atom. The Bertz CT molecular complexity index is 238. The fourth-order valence-corrected chi connectivity index (χ4v) is 1.07. The molecule has 0 amide bonds. The van der Waals surface area contributed by atoms with Gasteiger partial charge in [-0.05, 0) is 30.2 Å². The normalized spacial score (nSPS) is 10.6. The van der Waals surface area contributed by atoms with E-state index in [9.17, 15) is 0 Å². The molecule has 0 aromatic heterocycles. The average molecular weight is 213 g/mol. The van der Waals surface area contributed by atoms with Crippen molar-refractivity contribution in [2.24, 2.45) is 0 Å². The van der Waals surface area contributed by atoms with Crippen LogP contribution in [-0.2, 0) is 6.42 Å². The smallest absolute Gasteiger partial charge is 0.0755 e. The number of aliphatic hydroxyl groups is 1. The summed E-state index contributed by atoms with van der Waals surface area (Å²) in [5, 5.41) is 8.39. The number of benzene rings is 1. The molecular formula is C9H9BrO. The van der Waals surface area contributed by atoms with Crippen LogP contribution < -0.4 is 0 Å². The lowest BCUT2D eigenvalue weighted by molar-refractivity contribution is 0.471. The number of halogens is 1. The first-order chi connectivity index (χ1) is 5.33. The molecule has 0 aliphatic carbocycles. The maximum absolute atomic E-state index is 8.39.